The van der Waals surface area contributed by atoms with Gasteiger partial charge in [0.1, 0.15) is 5.75 Å². The van der Waals surface area contributed by atoms with E-state index in [0.29, 0.717) is 6.54 Å². The number of carbonyl (C=O) groups excluding carboxylic acids is 1. The van der Waals surface area contributed by atoms with Crippen molar-refractivity contribution in [2.75, 3.05) is 39.8 Å². The van der Waals surface area contributed by atoms with Crippen molar-refractivity contribution in [1.82, 2.24) is 15.1 Å². The van der Waals surface area contributed by atoms with Crippen molar-refractivity contribution < 1.29 is 9.53 Å². The molecule has 0 saturated carbocycles. The molecule has 1 fully saturated rings. The highest BCUT2D eigenvalue weighted by molar-refractivity contribution is 5.81. The number of piperazine rings is 1. The van der Waals surface area contributed by atoms with Crippen molar-refractivity contribution in [2.24, 2.45) is 0 Å². The Bertz CT molecular complexity index is 743. The lowest BCUT2D eigenvalue weighted by molar-refractivity contribution is -0.126. The molecule has 0 bridgehead atoms. The summed E-state index contributed by atoms with van der Waals surface area (Å²) >= 11 is 0. The predicted octanol–water partition coefficient (Wildman–Crippen LogP) is 2.56. The third-order valence-electron chi connectivity index (χ3n) is 5.54. The molecule has 28 heavy (non-hydrogen) atoms. The van der Waals surface area contributed by atoms with E-state index in [0.717, 1.165) is 50.5 Å². The van der Waals surface area contributed by atoms with Gasteiger partial charge in [0, 0.05) is 44.8 Å². The maximum absolute atomic E-state index is 12.6. The third-order valence-corrected chi connectivity index (χ3v) is 5.54. The number of benzene rings is 2. The van der Waals surface area contributed by atoms with E-state index in [1.807, 2.05) is 31.2 Å². The smallest absolute Gasteiger partial charge is 0.237 e. The van der Waals surface area contributed by atoms with Crippen LogP contribution in [0.15, 0.2) is 54.6 Å². The Morgan fingerprint density at radius 1 is 1.04 bits per heavy atom. The molecule has 1 N–H and O–H groups in total. The minimum Gasteiger partial charge on any atom is -0.496 e. The second-order valence-corrected chi connectivity index (χ2v) is 7.32. The van der Waals surface area contributed by atoms with Gasteiger partial charge in [0.2, 0.25) is 5.91 Å². The van der Waals surface area contributed by atoms with Crippen molar-refractivity contribution in [3.63, 3.8) is 0 Å². The summed E-state index contributed by atoms with van der Waals surface area (Å²) < 4.78 is 5.35. The number of nitrogens with one attached hydrogen (secondary N) is 1. The maximum atomic E-state index is 12.6. The van der Waals surface area contributed by atoms with Crippen LogP contribution in [0.3, 0.4) is 0 Å². The van der Waals surface area contributed by atoms with Crippen LogP contribution >= 0.6 is 0 Å². The molecule has 1 saturated heterocycles. The average Bonchev–Trinajstić information content (AvgIpc) is 2.76. The molecular formula is C23H31N3O2. The van der Waals surface area contributed by atoms with Crippen molar-refractivity contribution in [2.45, 2.75) is 25.9 Å². The zero-order valence-corrected chi connectivity index (χ0v) is 16.9. The molecule has 1 aliphatic rings. The number of ether oxygens (including phenoxy) is 1. The molecule has 5 nitrogen and oxygen atoms in total. The Morgan fingerprint density at radius 2 is 1.71 bits per heavy atom. The van der Waals surface area contributed by atoms with Gasteiger partial charge in [0.05, 0.1) is 13.2 Å². The molecule has 2 aromatic carbocycles. The molecule has 0 aliphatic carbocycles. The zero-order valence-electron chi connectivity index (χ0n) is 16.9. The Balaban J connectivity index is 1.41. The van der Waals surface area contributed by atoms with Gasteiger partial charge in [-0.25, -0.2) is 0 Å². The Morgan fingerprint density at radius 3 is 2.43 bits per heavy atom. The van der Waals surface area contributed by atoms with E-state index in [2.05, 4.69) is 45.4 Å². The van der Waals surface area contributed by atoms with Gasteiger partial charge >= 0.3 is 0 Å². The van der Waals surface area contributed by atoms with Crippen molar-refractivity contribution >= 4 is 5.91 Å². The topological polar surface area (TPSA) is 44.8 Å². The molecule has 1 heterocycles. The van der Waals surface area contributed by atoms with Crippen LogP contribution in [0.5, 0.6) is 5.75 Å². The molecule has 0 spiro atoms. The molecule has 2 aromatic rings. The van der Waals surface area contributed by atoms with Crippen LogP contribution in [-0.4, -0.2) is 61.6 Å². The lowest BCUT2D eigenvalue weighted by Gasteiger charge is -2.37. The zero-order chi connectivity index (χ0) is 19.8. The summed E-state index contributed by atoms with van der Waals surface area (Å²) in [4.78, 5) is 17.4. The maximum Gasteiger partial charge on any atom is 0.237 e. The summed E-state index contributed by atoms with van der Waals surface area (Å²) in [5, 5.41) is 3.05. The van der Waals surface area contributed by atoms with Gasteiger partial charge in [-0.05, 0) is 25.0 Å². The fourth-order valence-electron chi connectivity index (χ4n) is 3.65. The molecule has 1 amide bonds. The van der Waals surface area contributed by atoms with Gasteiger partial charge in [-0.2, -0.15) is 0 Å². The van der Waals surface area contributed by atoms with Crippen LogP contribution < -0.4 is 10.1 Å². The van der Waals surface area contributed by atoms with E-state index < -0.39 is 0 Å². The van der Waals surface area contributed by atoms with Gasteiger partial charge < -0.3 is 15.0 Å². The fourth-order valence-corrected chi connectivity index (χ4v) is 3.65. The highest BCUT2D eigenvalue weighted by Gasteiger charge is 2.25. The van der Waals surface area contributed by atoms with Crippen molar-refractivity contribution in [1.29, 1.82) is 0 Å². The first-order valence-corrected chi connectivity index (χ1v) is 10.1. The highest BCUT2D eigenvalue weighted by Crippen LogP contribution is 2.17. The van der Waals surface area contributed by atoms with E-state index >= 15 is 0 Å². The van der Waals surface area contributed by atoms with Crippen LogP contribution in [0.1, 0.15) is 18.1 Å². The van der Waals surface area contributed by atoms with Gasteiger partial charge in [0.15, 0.2) is 0 Å². The fraction of sp³-hybridized carbons (Fsp3) is 0.435. The van der Waals surface area contributed by atoms with Gasteiger partial charge in [-0.15, -0.1) is 0 Å². The van der Waals surface area contributed by atoms with Crippen molar-refractivity contribution in [3.05, 3.63) is 65.7 Å². The summed E-state index contributed by atoms with van der Waals surface area (Å²) in [5.41, 5.74) is 2.38. The number of amides is 1. The quantitative estimate of drug-likeness (QED) is 0.763. The van der Waals surface area contributed by atoms with E-state index in [-0.39, 0.29) is 11.9 Å². The van der Waals surface area contributed by atoms with E-state index in [4.69, 9.17) is 4.74 Å². The number of hydrogen-bond donors (Lipinski definition) is 1. The number of rotatable bonds is 8. The summed E-state index contributed by atoms with van der Waals surface area (Å²) in [5.74, 6) is 0.881. The van der Waals surface area contributed by atoms with Crippen LogP contribution in [0, 0.1) is 0 Å². The first-order valence-electron chi connectivity index (χ1n) is 10.1. The molecule has 0 radical (unpaired) electrons. The third kappa shape index (κ3) is 5.57. The second kappa shape index (κ2) is 10.2. The number of hydrogen-bond acceptors (Lipinski definition) is 4. The lowest BCUT2D eigenvalue weighted by atomic mass is 10.1. The van der Waals surface area contributed by atoms with Crippen LogP contribution in [0.25, 0.3) is 0 Å². The molecular weight excluding hydrogens is 350 g/mol. The number of para-hydroxylation sites is 1. The molecule has 3 rings (SSSR count). The van der Waals surface area contributed by atoms with E-state index in [1.54, 1.807) is 7.11 Å². The van der Waals surface area contributed by atoms with Crippen LogP contribution in [0.4, 0.5) is 0 Å². The largest absolute Gasteiger partial charge is 0.496 e. The number of carbonyl (C=O) groups is 1. The molecule has 0 aromatic heterocycles. The summed E-state index contributed by atoms with van der Waals surface area (Å²) in [6.45, 7) is 7.44. The second-order valence-electron chi connectivity index (χ2n) is 7.32. The Kier molecular flexibility index (Phi) is 7.46. The first-order chi connectivity index (χ1) is 13.7. The van der Waals surface area contributed by atoms with Crippen molar-refractivity contribution in [3.8, 4) is 5.75 Å². The minimum absolute atomic E-state index is 0.0728. The van der Waals surface area contributed by atoms with E-state index in [9.17, 15) is 4.79 Å². The Labute approximate surface area is 168 Å². The molecule has 150 valence electrons. The predicted molar refractivity (Wildman–Crippen MR) is 112 cm³/mol. The summed E-state index contributed by atoms with van der Waals surface area (Å²) in [6, 6.07) is 18.3. The normalized spacial score (nSPS) is 16.5. The summed E-state index contributed by atoms with van der Waals surface area (Å²) in [7, 11) is 1.65. The van der Waals surface area contributed by atoms with Gasteiger partial charge in [-0.3, -0.25) is 9.69 Å². The highest BCUT2D eigenvalue weighted by atomic mass is 16.5. The number of nitrogens with zero attached hydrogens (tertiary/aromatic N) is 2. The monoisotopic (exact) mass is 381 g/mol. The summed E-state index contributed by atoms with van der Waals surface area (Å²) in [6.07, 6.45) is 1.08. The molecule has 1 atom stereocenters. The number of methoxy groups -OCH3 is 1. The standard InChI is InChI=1S/C23H31N3O2/c1-19(23(27)24-18-21-10-6-7-11-22(21)28-2)26-16-14-25(15-17-26)13-12-20-8-4-3-5-9-20/h3-11,19H,12-18H2,1-2H3,(H,24,27). The molecule has 1 aliphatic heterocycles. The molecule has 5 heteroatoms. The Hall–Kier alpha value is -2.37. The molecule has 1 unspecified atom stereocenters. The minimum atomic E-state index is -0.119. The van der Waals surface area contributed by atoms with Crippen LogP contribution in [0.2, 0.25) is 0 Å². The first kappa shape index (κ1) is 20.4. The SMILES string of the molecule is COc1ccccc1CNC(=O)C(C)N1CCN(CCc2ccccc2)CC1. The van der Waals surface area contributed by atoms with Gasteiger partial charge in [-0.1, -0.05) is 48.5 Å². The van der Waals surface area contributed by atoms with Gasteiger partial charge in [0.25, 0.3) is 0 Å². The lowest BCUT2D eigenvalue weighted by Crippen LogP contribution is -2.54. The van der Waals surface area contributed by atoms with E-state index in [1.165, 1.54) is 5.56 Å². The average molecular weight is 382 g/mol. The van der Waals surface area contributed by atoms with Crippen LogP contribution in [-0.2, 0) is 17.8 Å².